The molecule has 0 unspecified atom stereocenters. The molecule has 1 aliphatic carbocycles. The van der Waals surface area contributed by atoms with E-state index < -0.39 is 11.6 Å². The molecule has 1 saturated carbocycles. The Hall–Kier alpha value is -1.17. The van der Waals surface area contributed by atoms with Gasteiger partial charge in [-0.15, -0.1) is 0 Å². The van der Waals surface area contributed by atoms with E-state index in [-0.39, 0.29) is 23.8 Å². The normalized spacial score (nSPS) is 35.8. The van der Waals surface area contributed by atoms with Crippen LogP contribution in [0.1, 0.15) is 38.5 Å². The summed E-state index contributed by atoms with van der Waals surface area (Å²) in [6.45, 7) is 3.08. The molecule has 0 N–H and O–H groups in total. The number of rotatable bonds is 2. The summed E-state index contributed by atoms with van der Waals surface area (Å²) in [7, 11) is 0. The van der Waals surface area contributed by atoms with Crippen molar-refractivity contribution in [3.63, 3.8) is 0 Å². The van der Waals surface area contributed by atoms with Crippen LogP contribution in [-0.4, -0.2) is 66.2 Å². The Labute approximate surface area is 136 Å². The Kier molecular flexibility index (Phi) is 3.82. The number of piperidine rings is 1. The van der Waals surface area contributed by atoms with Crippen LogP contribution in [0, 0.1) is 11.8 Å². The third-order valence-electron chi connectivity index (χ3n) is 6.15. The lowest BCUT2D eigenvalue weighted by Crippen LogP contribution is -2.59. The molecule has 0 aromatic heterocycles. The first-order valence-electron chi connectivity index (χ1n) is 8.97. The Morgan fingerprint density at radius 3 is 2.43 bits per heavy atom. The van der Waals surface area contributed by atoms with Gasteiger partial charge in [-0.2, -0.15) is 0 Å². The highest BCUT2D eigenvalue weighted by atomic mass is 19.1. The SMILES string of the molecule is O=C([C@@H]1CN(C(=O)C2(F)CCC2)C[C@H]2OCC[C@H]21)N1CCCC1. The maximum absolute atomic E-state index is 14.5. The summed E-state index contributed by atoms with van der Waals surface area (Å²) >= 11 is 0. The number of carbonyl (C=O) groups excluding carboxylic acids is 2. The summed E-state index contributed by atoms with van der Waals surface area (Å²) in [5, 5.41) is 0. The second-order valence-electron chi connectivity index (χ2n) is 7.53. The fraction of sp³-hybridized carbons (Fsp3) is 0.882. The van der Waals surface area contributed by atoms with E-state index in [1.807, 2.05) is 4.90 Å². The lowest BCUT2D eigenvalue weighted by Gasteiger charge is -2.44. The molecule has 4 aliphatic rings. The van der Waals surface area contributed by atoms with Crippen LogP contribution in [0.15, 0.2) is 0 Å². The van der Waals surface area contributed by atoms with Crippen LogP contribution in [-0.2, 0) is 14.3 Å². The van der Waals surface area contributed by atoms with Gasteiger partial charge in [0.1, 0.15) is 0 Å². The zero-order valence-corrected chi connectivity index (χ0v) is 13.5. The molecule has 4 fully saturated rings. The summed E-state index contributed by atoms with van der Waals surface area (Å²) in [5.41, 5.74) is -1.69. The van der Waals surface area contributed by atoms with Gasteiger partial charge in [0.25, 0.3) is 5.91 Å². The first-order valence-corrected chi connectivity index (χ1v) is 8.97. The highest BCUT2D eigenvalue weighted by Gasteiger charge is 2.52. The lowest BCUT2D eigenvalue weighted by atomic mass is 9.78. The quantitative estimate of drug-likeness (QED) is 0.771. The third kappa shape index (κ3) is 2.55. The molecule has 3 saturated heterocycles. The van der Waals surface area contributed by atoms with Crippen LogP contribution in [0.3, 0.4) is 0 Å². The Bertz CT molecular complexity index is 502. The van der Waals surface area contributed by atoms with E-state index in [1.54, 1.807) is 4.90 Å². The Balaban J connectivity index is 1.52. The van der Waals surface area contributed by atoms with E-state index in [0.717, 1.165) is 38.8 Å². The van der Waals surface area contributed by atoms with E-state index in [1.165, 1.54) is 0 Å². The average molecular weight is 324 g/mol. The second-order valence-corrected chi connectivity index (χ2v) is 7.53. The van der Waals surface area contributed by atoms with Gasteiger partial charge in [0, 0.05) is 38.7 Å². The summed E-state index contributed by atoms with van der Waals surface area (Å²) in [6.07, 6.45) is 4.29. The van der Waals surface area contributed by atoms with Crippen molar-refractivity contribution in [3.8, 4) is 0 Å². The van der Waals surface area contributed by atoms with Gasteiger partial charge in [-0.05, 0) is 38.5 Å². The van der Waals surface area contributed by atoms with Crippen molar-refractivity contribution < 1.29 is 18.7 Å². The van der Waals surface area contributed by atoms with Crippen LogP contribution < -0.4 is 0 Å². The van der Waals surface area contributed by atoms with Crippen molar-refractivity contribution >= 4 is 11.8 Å². The largest absolute Gasteiger partial charge is 0.376 e. The van der Waals surface area contributed by atoms with Crippen LogP contribution in [0.5, 0.6) is 0 Å². The molecule has 3 aliphatic heterocycles. The van der Waals surface area contributed by atoms with Crippen LogP contribution >= 0.6 is 0 Å². The molecule has 0 aromatic carbocycles. The second kappa shape index (κ2) is 5.72. The molecule has 3 heterocycles. The first kappa shape index (κ1) is 15.4. The molecule has 0 radical (unpaired) electrons. The van der Waals surface area contributed by atoms with Crippen molar-refractivity contribution in [3.05, 3.63) is 0 Å². The van der Waals surface area contributed by atoms with Gasteiger partial charge < -0.3 is 14.5 Å². The van der Waals surface area contributed by atoms with E-state index >= 15 is 0 Å². The highest BCUT2D eigenvalue weighted by molar-refractivity contribution is 5.87. The van der Waals surface area contributed by atoms with Gasteiger partial charge >= 0.3 is 0 Å². The van der Waals surface area contributed by atoms with E-state index in [2.05, 4.69) is 0 Å². The third-order valence-corrected chi connectivity index (χ3v) is 6.15. The van der Waals surface area contributed by atoms with Crippen molar-refractivity contribution in [2.45, 2.75) is 50.3 Å². The highest BCUT2D eigenvalue weighted by Crippen LogP contribution is 2.41. The Morgan fingerprint density at radius 2 is 1.78 bits per heavy atom. The molecule has 0 spiro atoms. The van der Waals surface area contributed by atoms with Crippen LogP contribution in [0.25, 0.3) is 0 Å². The fourth-order valence-electron chi connectivity index (χ4n) is 4.56. The summed E-state index contributed by atoms with van der Waals surface area (Å²) in [5.74, 6) is -0.315. The summed E-state index contributed by atoms with van der Waals surface area (Å²) in [4.78, 5) is 28.9. The van der Waals surface area contributed by atoms with Gasteiger partial charge in [0.2, 0.25) is 5.91 Å². The molecular weight excluding hydrogens is 299 g/mol. The molecule has 23 heavy (non-hydrogen) atoms. The number of fused-ring (bicyclic) bond motifs is 1. The minimum Gasteiger partial charge on any atom is -0.376 e. The Morgan fingerprint density at radius 1 is 1.04 bits per heavy atom. The van der Waals surface area contributed by atoms with E-state index in [0.29, 0.717) is 32.5 Å². The maximum atomic E-state index is 14.5. The average Bonchev–Trinajstić information content (AvgIpc) is 3.20. The maximum Gasteiger partial charge on any atom is 0.260 e. The van der Waals surface area contributed by atoms with Crippen LogP contribution in [0.4, 0.5) is 4.39 Å². The topological polar surface area (TPSA) is 49.9 Å². The number of amides is 2. The van der Waals surface area contributed by atoms with Gasteiger partial charge in [0.15, 0.2) is 5.67 Å². The molecule has 2 amide bonds. The fourth-order valence-corrected chi connectivity index (χ4v) is 4.56. The van der Waals surface area contributed by atoms with Gasteiger partial charge in [-0.1, -0.05) is 0 Å². The number of hydrogen-bond donors (Lipinski definition) is 0. The number of nitrogens with zero attached hydrogens (tertiary/aromatic N) is 2. The monoisotopic (exact) mass is 324 g/mol. The molecule has 5 nitrogen and oxygen atoms in total. The number of ether oxygens (including phenoxy) is 1. The van der Waals surface area contributed by atoms with Gasteiger partial charge in [-0.3, -0.25) is 9.59 Å². The molecule has 6 heteroatoms. The minimum absolute atomic E-state index is 0.104. The van der Waals surface area contributed by atoms with Gasteiger partial charge in [0.05, 0.1) is 12.0 Å². The number of likely N-dealkylation sites (tertiary alicyclic amines) is 2. The zero-order valence-electron chi connectivity index (χ0n) is 13.5. The standard InChI is InChI=1S/C17H25FN2O3/c18-17(5-3-6-17)16(22)20-10-13(12-4-9-23-14(12)11-20)15(21)19-7-1-2-8-19/h12-14H,1-11H2/t12-,13+,14+/m0/s1. The van der Waals surface area contributed by atoms with E-state index in [4.69, 9.17) is 4.74 Å². The predicted molar refractivity (Wildman–Crippen MR) is 81.4 cm³/mol. The number of alkyl halides is 1. The van der Waals surface area contributed by atoms with Crippen molar-refractivity contribution in [2.24, 2.45) is 11.8 Å². The number of carbonyl (C=O) groups is 2. The molecule has 4 rings (SSSR count). The first-order chi connectivity index (χ1) is 11.1. The minimum atomic E-state index is -1.69. The summed E-state index contributed by atoms with van der Waals surface area (Å²) < 4.78 is 20.3. The van der Waals surface area contributed by atoms with Crippen molar-refractivity contribution in [1.29, 1.82) is 0 Å². The molecule has 128 valence electrons. The molecule has 0 bridgehead atoms. The van der Waals surface area contributed by atoms with E-state index in [9.17, 15) is 14.0 Å². The van der Waals surface area contributed by atoms with Crippen molar-refractivity contribution in [1.82, 2.24) is 9.80 Å². The molecular formula is C17H25FN2O3. The number of halogens is 1. The van der Waals surface area contributed by atoms with Crippen molar-refractivity contribution in [2.75, 3.05) is 32.8 Å². The zero-order chi connectivity index (χ0) is 16.0. The smallest absolute Gasteiger partial charge is 0.260 e. The lowest BCUT2D eigenvalue weighted by molar-refractivity contribution is -0.158. The number of hydrogen-bond acceptors (Lipinski definition) is 3. The predicted octanol–water partition coefficient (Wildman–Crippen LogP) is 1.36. The van der Waals surface area contributed by atoms with Crippen LogP contribution in [0.2, 0.25) is 0 Å². The summed E-state index contributed by atoms with van der Waals surface area (Å²) in [6, 6.07) is 0. The molecule has 3 atom stereocenters. The van der Waals surface area contributed by atoms with Gasteiger partial charge in [-0.25, -0.2) is 4.39 Å². The molecule has 0 aromatic rings.